The second-order valence-electron chi connectivity index (χ2n) is 26.0. The van der Waals surface area contributed by atoms with Crippen LogP contribution in [0.1, 0.15) is 44.5 Å². The molecule has 0 bridgehead atoms. The Morgan fingerprint density at radius 2 is 0.398 bits per heavy atom. The molecule has 0 aliphatic rings. The third-order valence-corrected chi connectivity index (χ3v) is 35.8. The van der Waals surface area contributed by atoms with E-state index in [1.54, 1.807) is 42.7 Å². The van der Waals surface area contributed by atoms with Gasteiger partial charge in [0.05, 0.1) is 42.7 Å². The van der Waals surface area contributed by atoms with E-state index in [0.29, 0.717) is 0 Å². The largest absolute Gasteiger partial charge is 0.496 e. The van der Waals surface area contributed by atoms with E-state index in [2.05, 4.69) is 220 Å². The molecule has 0 saturated heterocycles. The highest BCUT2D eigenvalue weighted by Crippen LogP contribution is 2.52. The van der Waals surface area contributed by atoms with Crippen molar-refractivity contribution >= 4 is 126 Å². The van der Waals surface area contributed by atoms with Crippen molar-refractivity contribution in [2.45, 2.75) is 50.8 Å². The Labute approximate surface area is 669 Å². The Hall–Kier alpha value is -6.82. The Morgan fingerprint density at radius 3 is 0.602 bits per heavy atom. The minimum atomic E-state index is -0.499. The molecule has 0 fully saturated rings. The molecule has 0 heterocycles. The molecule has 0 saturated carbocycles. The topological polar surface area (TPSA) is 55.4 Å². The van der Waals surface area contributed by atoms with Crippen molar-refractivity contribution in [3.05, 3.63) is 356 Å². The summed E-state index contributed by atoms with van der Waals surface area (Å²) in [7, 11) is 7.85. The first-order valence-corrected chi connectivity index (χ1v) is 47.9. The molecule has 6 atom stereocenters. The Balaban J connectivity index is 0.000000173. The molecule has 0 aliphatic heterocycles. The third kappa shape index (κ3) is 25.4. The van der Waals surface area contributed by atoms with Crippen LogP contribution in [0.2, 0.25) is 20.1 Å². The number of rotatable bonds is 33. The first-order chi connectivity index (χ1) is 52.7. The highest BCUT2D eigenvalue weighted by molar-refractivity contribution is 7.70. The van der Waals surface area contributed by atoms with E-state index < -0.39 is 31.7 Å². The number of methoxy groups -OCH3 is 6. The molecule has 0 aliphatic carbocycles. The van der Waals surface area contributed by atoms with E-state index in [4.69, 9.17) is 74.8 Å². The van der Waals surface area contributed by atoms with Gasteiger partial charge in [0.1, 0.15) is 34.5 Å². The Morgan fingerprint density at radius 1 is 0.204 bits per heavy atom. The highest BCUT2D eigenvalue weighted by atomic mass is 35.5. The summed E-state index contributed by atoms with van der Waals surface area (Å²) in [6.45, 7) is 4.33. The molecule has 12 aromatic carbocycles. The van der Waals surface area contributed by atoms with Gasteiger partial charge in [-0.25, -0.2) is 0 Å². The molecule has 0 N–H and O–H groups in total. The van der Waals surface area contributed by atoms with Crippen molar-refractivity contribution < 1.29 is 28.4 Å². The van der Waals surface area contributed by atoms with Crippen LogP contribution in [0.3, 0.4) is 0 Å². The zero-order valence-electron chi connectivity index (χ0n) is 62.8. The molecule has 0 amide bonds. The summed E-state index contributed by atoms with van der Waals surface area (Å²) >= 11 is 25.3. The molecule has 6 nitrogen and oxygen atoms in total. The zero-order valence-corrected chi connectivity index (χ0v) is 71.2. The fraction of sp³-hybridized carbons (Fsp3) is 0.217. The highest BCUT2D eigenvalue weighted by Gasteiger charge is 2.25. The van der Waals surface area contributed by atoms with Crippen molar-refractivity contribution in [2.24, 2.45) is 0 Å². The van der Waals surface area contributed by atoms with Gasteiger partial charge in [0.2, 0.25) is 0 Å². The van der Waals surface area contributed by atoms with Gasteiger partial charge >= 0.3 is 0 Å². The maximum absolute atomic E-state index is 6.43. The summed E-state index contributed by atoms with van der Waals surface area (Å²) in [4.78, 5) is 0. The summed E-state index contributed by atoms with van der Waals surface area (Å²) in [6, 6.07) is 102. The average Bonchev–Trinajstić information content (AvgIpc) is 0.840. The number of hydrogen-bond acceptors (Lipinski definition) is 6. The van der Waals surface area contributed by atoms with E-state index >= 15 is 0 Å². The van der Waals surface area contributed by atoms with Crippen molar-refractivity contribution in [3.8, 4) is 34.5 Å². The number of halogens is 4. The van der Waals surface area contributed by atoms with E-state index in [9.17, 15) is 0 Å². The number of para-hydroxylation sites is 6. The van der Waals surface area contributed by atoms with Crippen LogP contribution in [-0.2, 0) is 37.0 Å². The minimum Gasteiger partial charge on any atom is -0.496 e. The van der Waals surface area contributed by atoms with Crippen LogP contribution in [0.15, 0.2) is 291 Å². The summed E-state index contributed by atoms with van der Waals surface area (Å²) in [5, 5.41) is 11.4. The first-order valence-electron chi connectivity index (χ1n) is 36.1. The SMILES string of the molecule is COc1ccccc1CP(CCP(Cc1ccccc1OC)c1ccc(C)cc1)c1ccc(C)cc1.COc1ccccc1CP(CCP(Cc1ccccc1OC)c1ccc(Cl)cc1)c1ccc(Cl)cc1.COc1ccccc1CP(CCP(Cc1ccccc1OC)c1cccc(Cl)c1)c1cccc(Cl)c1. The van der Waals surface area contributed by atoms with Gasteiger partial charge in [-0.05, 0) is 201 Å². The van der Waals surface area contributed by atoms with Crippen LogP contribution in [0.25, 0.3) is 0 Å². The van der Waals surface area contributed by atoms with Gasteiger partial charge in [0.15, 0.2) is 0 Å². The molecule has 12 rings (SSSR count). The smallest absolute Gasteiger partial charge is 0.122 e. The molecule has 12 aromatic rings. The molecule has 108 heavy (non-hydrogen) atoms. The fourth-order valence-electron chi connectivity index (χ4n) is 12.9. The molecule has 0 aromatic heterocycles. The lowest BCUT2D eigenvalue weighted by Gasteiger charge is -2.25. The molecule has 6 unspecified atom stereocenters. The monoisotopic (exact) mass is 1620 g/mol. The standard InChI is InChI=1S/C32H36O2P2.2C30H30Cl2O2P2/c1-25-13-17-29(18-14-25)35(23-27-9-5-7-11-31(27)33-3)21-22-36(30-19-15-26(2)16-20-30)24-28-10-6-8-12-32(28)34-4;1-33-29-15-5-3-9-23(29)21-35(27-13-7-11-25(31)19-27)17-18-36(28-14-8-12-26(32)20-28)22-24-10-4-6-16-30(24)34-2;1-33-29-9-5-3-7-23(29)21-35(27-15-11-25(31)12-16-27)19-20-36(28-17-13-26(32)14-18-28)22-24-8-4-6-10-30(24)34-2/h5-20H,21-24H2,1-4H3;3-16,19-20H,17-18,21-22H2,1-2H3;3-18H,19-22H2,1-2H3. The number of aryl methyl sites for hydroxylation is 2. The van der Waals surface area contributed by atoms with Crippen molar-refractivity contribution in [1.82, 2.24) is 0 Å². The van der Waals surface area contributed by atoms with Gasteiger partial charge in [-0.15, -0.1) is 0 Å². The van der Waals surface area contributed by atoms with E-state index in [0.717, 1.165) is 116 Å². The van der Waals surface area contributed by atoms with Gasteiger partial charge in [-0.1, -0.05) is 311 Å². The van der Waals surface area contributed by atoms with E-state index in [-0.39, 0.29) is 15.8 Å². The molecular formula is C92H96Cl4O6P6. The number of ether oxygens (including phenoxy) is 6. The van der Waals surface area contributed by atoms with Crippen LogP contribution in [0.4, 0.5) is 0 Å². The molecule has 0 spiro atoms. The van der Waals surface area contributed by atoms with Gasteiger partial charge in [-0.3, -0.25) is 0 Å². The Kier molecular flexibility index (Phi) is 34.3. The van der Waals surface area contributed by atoms with Gasteiger partial charge in [0.25, 0.3) is 0 Å². The van der Waals surface area contributed by atoms with Crippen LogP contribution >= 0.6 is 93.9 Å². The van der Waals surface area contributed by atoms with Crippen molar-refractivity contribution in [3.63, 3.8) is 0 Å². The quantitative estimate of drug-likeness (QED) is 0.0382. The lowest BCUT2D eigenvalue weighted by Crippen LogP contribution is -2.12. The maximum Gasteiger partial charge on any atom is 0.122 e. The summed E-state index contributed by atoms with van der Waals surface area (Å²) in [5.41, 5.74) is 10.2. The van der Waals surface area contributed by atoms with Gasteiger partial charge in [0, 0.05) is 57.1 Å². The predicted octanol–water partition coefficient (Wildman–Crippen LogP) is 24.3. The minimum absolute atomic E-state index is 0.376. The van der Waals surface area contributed by atoms with Crippen LogP contribution in [0.5, 0.6) is 34.5 Å². The third-order valence-electron chi connectivity index (χ3n) is 18.8. The van der Waals surface area contributed by atoms with Gasteiger partial charge < -0.3 is 28.4 Å². The van der Waals surface area contributed by atoms with Crippen molar-refractivity contribution in [1.29, 1.82) is 0 Å². The molecule has 0 radical (unpaired) electrons. The van der Waals surface area contributed by atoms with Crippen molar-refractivity contribution in [2.75, 3.05) is 79.6 Å². The van der Waals surface area contributed by atoms with Crippen LogP contribution in [-0.4, -0.2) is 79.6 Å². The lowest BCUT2D eigenvalue weighted by atomic mass is 10.2. The summed E-state index contributed by atoms with van der Waals surface area (Å²) in [6.07, 6.45) is 12.7. The molecule has 16 heteroatoms. The summed E-state index contributed by atoms with van der Waals surface area (Å²) in [5.74, 6) is 5.77. The average molecular weight is 1630 g/mol. The molecule has 558 valence electrons. The van der Waals surface area contributed by atoms with Crippen LogP contribution < -0.4 is 60.2 Å². The van der Waals surface area contributed by atoms with E-state index in [1.807, 2.05) is 84.9 Å². The fourth-order valence-corrected chi connectivity index (χ4v) is 30.6. The number of hydrogen-bond donors (Lipinski definition) is 0. The van der Waals surface area contributed by atoms with E-state index in [1.165, 1.54) is 88.7 Å². The zero-order chi connectivity index (χ0) is 76.0. The Bertz CT molecular complexity index is 4210. The second-order valence-corrected chi connectivity index (χ2v) is 41.9. The first kappa shape index (κ1) is 83.6. The lowest BCUT2D eigenvalue weighted by molar-refractivity contribution is 0.411. The predicted molar refractivity (Wildman–Crippen MR) is 477 cm³/mol. The number of benzene rings is 12. The molecular weight excluding hydrogens is 1530 g/mol. The summed E-state index contributed by atoms with van der Waals surface area (Å²) < 4.78 is 34.1. The second kappa shape index (κ2) is 44.3. The van der Waals surface area contributed by atoms with Gasteiger partial charge in [-0.2, -0.15) is 0 Å². The normalized spacial score (nSPS) is 12.7. The maximum atomic E-state index is 6.43. The van der Waals surface area contributed by atoms with Crippen LogP contribution in [0, 0.1) is 13.8 Å².